The molecule has 2 rings (SSSR count). The Kier molecular flexibility index (Phi) is 23.3. The molecular formula is C42H66N2O2. The minimum atomic E-state index is -0.336. The maximum Gasteiger partial charge on any atom is 0.330 e. The molecule has 0 saturated carbocycles. The molecule has 4 nitrogen and oxygen atoms in total. The van der Waals surface area contributed by atoms with Crippen molar-refractivity contribution < 1.29 is 9.53 Å². The molecule has 2 aromatic rings. The zero-order valence-electron chi connectivity index (χ0n) is 29.8. The molecule has 0 N–H and O–H groups in total. The van der Waals surface area contributed by atoms with E-state index < -0.39 is 0 Å². The number of rotatable bonds is 28. The Bertz CT molecular complexity index is 1050. The fourth-order valence-electron chi connectivity index (χ4n) is 5.99. The first kappa shape index (κ1) is 39.3. The molecule has 256 valence electrons. The van der Waals surface area contributed by atoms with Gasteiger partial charge in [-0.05, 0) is 55.2 Å². The lowest BCUT2D eigenvalue weighted by Gasteiger charge is -2.25. The van der Waals surface area contributed by atoms with Gasteiger partial charge in [-0.15, -0.1) is 0 Å². The van der Waals surface area contributed by atoms with E-state index >= 15 is 0 Å². The summed E-state index contributed by atoms with van der Waals surface area (Å²) in [4.78, 5) is 18.6. The van der Waals surface area contributed by atoms with Gasteiger partial charge in [-0.25, -0.2) is 4.79 Å². The van der Waals surface area contributed by atoms with E-state index in [1.54, 1.807) is 18.5 Å². The number of ether oxygens (including phenoxy) is 1. The lowest BCUT2D eigenvalue weighted by molar-refractivity contribution is -0.137. The fraction of sp³-hybridized carbons (Fsp3) is 0.619. The van der Waals surface area contributed by atoms with Crippen LogP contribution in [0.3, 0.4) is 0 Å². The van der Waals surface area contributed by atoms with Gasteiger partial charge in [0, 0.05) is 42.8 Å². The van der Waals surface area contributed by atoms with Crippen molar-refractivity contribution >= 4 is 29.9 Å². The summed E-state index contributed by atoms with van der Waals surface area (Å²) < 4.78 is 5.02. The molecule has 1 heterocycles. The van der Waals surface area contributed by atoms with Gasteiger partial charge in [-0.1, -0.05) is 154 Å². The molecule has 0 bridgehead atoms. The highest BCUT2D eigenvalue weighted by molar-refractivity contribution is 5.88. The Morgan fingerprint density at radius 3 is 1.61 bits per heavy atom. The predicted octanol–water partition coefficient (Wildman–Crippen LogP) is 12.5. The van der Waals surface area contributed by atoms with Gasteiger partial charge < -0.3 is 9.64 Å². The Balaban J connectivity index is 1.89. The van der Waals surface area contributed by atoms with E-state index in [2.05, 4.69) is 60.1 Å². The highest BCUT2D eigenvalue weighted by Crippen LogP contribution is 2.21. The first-order chi connectivity index (χ1) is 22.7. The van der Waals surface area contributed by atoms with Crippen LogP contribution in [-0.4, -0.2) is 30.6 Å². The second-order valence-electron chi connectivity index (χ2n) is 12.9. The third-order valence-corrected chi connectivity index (χ3v) is 8.85. The minimum absolute atomic E-state index is 0.336. The van der Waals surface area contributed by atoms with Gasteiger partial charge in [-0.2, -0.15) is 0 Å². The first-order valence-electron chi connectivity index (χ1n) is 19.0. The van der Waals surface area contributed by atoms with Crippen LogP contribution in [-0.2, 0) is 9.53 Å². The summed E-state index contributed by atoms with van der Waals surface area (Å²) in [5.74, 6) is -0.336. The van der Waals surface area contributed by atoms with Crippen molar-refractivity contribution in [3.05, 3.63) is 65.5 Å². The maximum absolute atomic E-state index is 11.8. The van der Waals surface area contributed by atoms with Crippen LogP contribution in [0.4, 0.5) is 5.69 Å². The third kappa shape index (κ3) is 18.9. The molecule has 0 aliphatic carbocycles. The summed E-state index contributed by atoms with van der Waals surface area (Å²) in [6.07, 6.45) is 38.5. The molecule has 46 heavy (non-hydrogen) atoms. The van der Waals surface area contributed by atoms with Gasteiger partial charge in [-0.3, -0.25) is 4.98 Å². The number of benzene rings is 1. The second kappa shape index (κ2) is 27.3. The molecule has 0 aliphatic heterocycles. The SMILES string of the molecule is CCCCCCCCCCCCN(CCCCCCCCCCCC)c1ccc(/C=C/c2ccncc2/C=C/C(=O)OCC)cc1. The van der Waals surface area contributed by atoms with Crippen molar-refractivity contribution in [3.8, 4) is 0 Å². The Hall–Kier alpha value is -2.88. The van der Waals surface area contributed by atoms with Crippen molar-refractivity contribution in [1.82, 2.24) is 4.98 Å². The molecule has 0 saturated heterocycles. The van der Waals surface area contributed by atoms with Crippen LogP contribution in [0.2, 0.25) is 0 Å². The first-order valence-corrected chi connectivity index (χ1v) is 19.0. The van der Waals surface area contributed by atoms with E-state index in [0.29, 0.717) is 6.61 Å². The number of carbonyl (C=O) groups is 1. The van der Waals surface area contributed by atoms with E-state index in [-0.39, 0.29) is 5.97 Å². The van der Waals surface area contributed by atoms with E-state index in [1.807, 2.05) is 13.0 Å². The maximum atomic E-state index is 11.8. The van der Waals surface area contributed by atoms with Crippen molar-refractivity contribution in [2.24, 2.45) is 0 Å². The van der Waals surface area contributed by atoms with Crippen molar-refractivity contribution in [3.63, 3.8) is 0 Å². The van der Waals surface area contributed by atoms with Crippen LogP contribution in [0.5, 0.6) is 0 Å². The monoisotopic (exact) mass is 631 g/mol. The fourth-order valence-corrected chi connectivity index (χ4v) is 5.99. The third-order valence-electron chi connectivity index (χ3n) is 8.85. The quantitative estimate of drug-likeness (QED) is 0.0533. The normalized spacial score (nSPS) is 11.5. The molecule has 0 aliphatic rings. The summed E-state index contributed by atoms with van der Waals surface area (Å²) in [5, 5.41) is 0. The Labute approximate surface area is 283 Å². The van der Waals surface area contributed by atoms with Gasteiger partial charge in [0.25, 0.3) is 0 Å². The molecule has 1 aromatic heterocycles. The zero-order chi connectivity index (χ0) is 32.9. The molecule has 1 aromatic carbocycles. The summed E-state index contributed by atoms with van der Waals surface area (Å²) in [6.45, 7) is 9.06. The topological polar surface area (TPSA) is 42.4 Å². The standard InChI is InChI=1S/C42H66N2O2/c1-4-7-9-11-13-15-17-19-21-23-35-44(36-24-22-20-18-16-14-12-10-8-5-2)41-30-26-38(27-31-41)25-28-39-33-34-43-37-40(39)29-32-42(45)46-6-3/h25-34,37H,4-24,35-36H2,1-3H3/b28-25+,32-29+. The van der Waals surface area contributed by atoms with Gasteiger partial charge in [0.05, 0.1) is 6.61 Å². The van der Waals surface area contributed by atoms with Gasteiger partial charge >= 0.3 is 5.97 Å². The molecule has 0 fully saturated rings. The molecular weight excluding hydrogens is 564 g/mol. The summed E-state index contributed by atoms with van der Waals surface area (Å²) >= 11 is 0. The van der Waals surface area contributed by atoms with E-state index in [9.17, 15) is 4.79 Å². The molecule has 0 atom stereocenters. The lowest BCUT2D eigenvalue weighted by atomic mass is 10.1. The van der Waals surface area contributed by atoms with Crippen LogP contribution in [0.1, 0.15) is 166 Å². The average Bonchev–Trinajstić information content (AvgIpc) is 3.08. The van der Waals surface area contributed by atoms with Gasteiger partial charge in [0.1, 0.15) is 0 Å². The molecule has 4 heteroatoms. The van der Waals surface area contributed by atoms with Gasteiger partial charge in [0.2, 0.25) is 0 Å². The van der Waals surface area contributed by atoms with Crippen LogP contribution >= 0.6 is 0 Å². The summed E-state index contributed by atoms with van der Waals surface area (Å²) in [6, 6.07) is 11.0. The lowest BCUT2D eigenvalue weighted by Crippen LogP contribution is -2.25. The van der Waals surface area contributed by atoms with Gasteiger partial charge in [0.15, 0.2) is 0 Å². The minimum Gasteiger partial charge on any atom is -0.463 e. The average molecular weight is 631 g/mol. The highest BCUT2D eigenvalue weighted by Gasteiger charge is 2.07. The number of aromatic nitrogens is 1. The number of nitrogens with zero attached hydrogens (tertiary/aromatic N) is 2. The largest absolute Gasteiger partial charge is 0.463 e. The van der Waals surface area contributed by atoms with E-state index in [4.69, 9.17) is 4.74 Å². The Morgan fingerprint density at radius 2 is 1.11 bits per heavy atom. The molecule has 0 spiro atoms. The molecule has 0 radical (unpaired) electrons. The smallest absolute Gasteiger partial charge is 0.330 e. The van der Waals surface area contributed by atoms with E-state index in [1.165, 1.54) is 146 Å². The van der Waals surface area contributed by atoms with Crippen LogP contribution in [0, 0.1) is 0 Å². The van der Waals surface area contributed by atoms with Crippen molar-refractivity contribution in [2.45, 2.75) is 149 Å². The number of anilines is 1. The number of hydrogen-bond donors (Lipinski definition) is 0. The molecule has 0 amide bonds. The van der Waals surface area contributed by atoms with E-state index in [0.717, 1.165) is 24.2 Å². The van der Waals surface area contributed by atoms with Crippen LogP contribution in [0.15, 0.2) is 48.8 Å². The molecule has 0 unspecified atom stereocenters. The number of carbonyl (C=O) groups excluding carboxylic acids is 1. The van der Waals surface area contributed by atoms with Crippen molar-refractivity contribution in [2.75, 3.05) is 24.6 Å². The number of esters is 1. The van der Waals surface area contributed by atoms with Crippen LogP contribution < -0.4 is 4.90 Å². The summed E-state index contributed by atoms with van der Waals surface area (Å²) in [5.41, 5.74) is 4.41. The number of pyridine rings is 1. The highest BCUT2D eigenvalue weighted by atomic mass is 16.5. The Morgan fingerprint density at radius 1 is 0.609 bits per heavy atom. The number of unbranched alkanes of at least 4 members (excludes halogenated alkanes) is 18. The summed E-state index contributed by atoms with van der Waals surface area (Å²) in [7, 11) is 0. The predicted molar refractivity (Wildman–Crippen MR) is 201 cm³/mol. The van der Waals surface area contributed by atoms with Crippen molar-refractivity contribution in [1.29, 1.82) is 0 Å². The zero-order valence-corrected chi connectivity index (χ0v) is 29.8. The van der Waals surface area contributed by atoms with Crippen LogP contribution in [0.25, 0.3) is 18.2 Å². The second-order valence-corrected chi connectivity index (χ2v) is 12.9. The number of hydrogen-bond acceptors (Lipinski definition) is 4.